The summed E-state index contributed by atoms with van der Waals surface area (Å²) in [4.78, 5) is 8.75. The Labute approximate surface area is 196 Å². The van der Waals surface area contributed by atoms with Crippen LogP contribution in [0.3, 0.4) is 0 Å². The van der Waals surface area contributed by atoms with Gasteiger partial charge < -0.3 is 15.4 Å². The van der Waals surface area contributed by atoms with Gasteiger partial charge in [-0.25, -0.2) is 0 Å². The average Bonchev–Trinajstić information content (AvgIpc) is 3.08. The second-order valence-corrected chi connectivity index (χ2v) is 8.54. The summed E-state index contributed by atoms with van der Waals surface area (Å²) < 4.78 is 43.2. The van der Waals surface area contributed by atoms with Gasteiger partial charge in [0.05, 0.1) is 26.3 Å². The monoisotopic (exact) mass is 549 g/mol. The zero-order chi connectivity index (χ0) is 21.3. The molecule has 0 amide bonds. The number of morpholine rings is 1. The van der Waals surface area contributed by atoms with Gasteiger partial charge in [0.15, 0.2) is 5.96 Å². The maximum atomic E-state index is 12.6. The predicted octanol–water partition coefficient (Wildman–Crippen LogP) is 2.79. The number of hydrogen-bond donors (Lipinski definition) is 2. The molecule has 2 rings (SSSR count). The van der Waals surface area contributed by atoms with E-state index in [4.69, 9.17) is 9.73 Å². The second kappa shape index (κ2) is 13.9. The van der Waals surface area contributed by atoms with Crippen LogP contribution in [0.4, 0.5) is 13.2 Å². The molecule has 30 heavy (non-hydrogen) atoms. The molecular weight excluding hydrogens is 510 g/mol. The second-order valence-electron chi connectivity index (χ2n) is 8.54. The van der Waals surface area contributed by atoms with Gasteiger partial charge in [-0.3, -0.25) is 14.8 Å². The van der Waals surface area contributed by atoms with Gasteiger partial charge >= 0.3 is 6.18 Å². The quantitative estimate of drug-likeness (QED) is 0.263. The number of aliphatic imine (C=N–C) groups is 1. The highest BCUT2D eigenvalue weighted by atomic mass is 127. The molecule has 0 aromatic heterocycles. The molecule has 0 aliphatic carbocycles. The Hall–Kier alpha value is -0.330. The van der Waals surface area contributed by atoms with Crippen LogP contribution in [0.15, 0.2) is 4.99 Å². The van der Waals surface area contributed by atoms with Gasteiger partial charge in [0.25, 0.3) is 0 Å². The summed E-state index contributed by atoms with van der Waals surface area (Å²) in [5, 5.41) is 6.62. The third kappa shape index (κ3) is 10.8. The van der Waals surface area contributed by atoms with Crippen molar-refractivity contribution in [1.29, 1.82) is 0 Å². The summed E-state index contributed by atoms with van der Waals surface area (Å²) in [5.74, 6) is 1.56. The lowest BCUT2D eigenvalue weighted by Gasteiger charge is -2.34. The molecule has 0 aromatic carbocycles. The Bertz CT molecular complexity index is 501. The lowest BCUT2D eigenvalue weighted by atomic mass is 10.0. The van der Waals surface area contributed by atoms with E-state index in [0.717, 1.165) is 51.6 Å². The summed E-state index contributed by atoms with van der Waals surface area (Å²) in [7, 11) is 0. The molecule has 0 radical (unpaired) electrons. The molecule has 178 valence electrons. The molecule has 2 unspecified atom stereocenters. The van der Waals surface area contributed by atoms with Gasteiger partial charge in [-0.2, -0.15) is 13.2 Å². The lowest BCUT2D eigenvalue weighted by molar-refractivity contribution is -0.143. The first-order chi connectivity index (χ1) is 13.8. The Morgan fingerprint density at radius 2 is 1.87 bits per heavy atom. The maximum Gasteiger partial charge on any atom is 0.401 e. The minimum absolute atomic E-state index is 0. The minimum atomic E-state index is -4.12. The molecule has 2 aliphatic rings. The molecule has 2 fully saturated rings. The van der Waals surface area contributed by atoms with Crippen molar-refractivity contribution in [3.63, 3.8) is 0 Å². The molecule has 2 N–H and O–H groups in total. The largest absolute Gasteiger partial charge is 0.401 e. The number of alkyl halides is 3. The number of hydrogen-bond acceptors (Lipinski definition) is 4. The van der Waals surface area contributed by atoms with Gasteiger partial charge in [-0.1, -0.05) is 13.8 Å². The van der Waals surface area contributed by atoms with Gasteiger partial charge in [-0.15, -0.1) is 24.0 Å². The third-order valence-electron chi connectivity index (χ3n) is 5.44. The SMILES string of the molecule is CCNC(=NCC(CC(C)C)N1CCOCC1)NCC1CCN(CC(F)(F)F)C1.I. The number of halogens is 4. The van der Waals surface area contributed by atoms with Gasteiger partial charge in [0.1, 0.15) is 0 Å². The number of likely N-dealkylation sites (tertiary alicyclic amines) is 1. The van der Waals surface area contributed by atoms with Crippen molar-refractivity contribution in [2.45, 2.75) is 45.8 Å². The van der Waals surface area contributed by atoms with E-state index in [-0.39, 0.29) is 29.9 Å². The smallest absolute Gasteiger partial charge is 0.379 e. The molecule has 0 aromatic rings. The van der Waals surface area contributed by atoms with Crippen molar-refractivity contribution in [1.82, 2.24) is 20.4 Å². The molecule has 0 bridgehead atoms. The number of nitrogens with zero attached hydrogens (tertiary/aromatic N) is 3. The van der Waals surface area contributed by atoms with E-state index in [1.165, 1.54) is 4.90 Å². The topological polar surface area (TPSA) is 52.1 Å². The third-order valence-corrected chi connectivity index (χ3v) is 5.44. The molecule has 2 saturated heterocycles. The van der Waals surface area contributed by atoms with Crippen LogP contribution in [0.1, 0.15) is 33.6 Å². The van der Waals surface area contributed by atoms with Crippen molar-refractivity contribution in [2.24, 2.45) is 16.8 Å². The van der Waals surface area contributed by atoms with Crippen LogP contribution in [-0.2, 0) is 4.74 Å². The summed E-state index contributed by atoms with van der Waals surface area (Å²) >= 11 is 0. The van der Waals surface area contributed by atoms with Crippen LogP contribution >= 0.6 is 24.0 Å². The van der Waals surface area contributed by atoms with Gasteiger partial charge in [0, 0.05) is 38.8 Å². The van der Waals surface area contributed by atoms with E-state index in [9.17, 15) is 13.2 Å². The van der Waals surface area contributed by atoms with E-state index >= 15 is 0 Å². The average molecular weight is 549 g/mol. The Kier molecular flexibility index (Phi) is 12.9. The van der Waals surface area contributed by atoms with Crippen LogP contribution in [-0.4, -0.2) is 93.5 Å². The van der Waals surface area contributed by atoms with Crippen molar-refractivity contribution in [2.75, 3.05) is 65.6 Å². The zero-order valence-electron chi connectivity index (χ0n) is 18.5. The highest BCUT2D eigenvalue weighted by Crippen LogP contribution is 2.22. The summed E-state index contributed by atoms with van der Waals surface area (Å²) in [6, 6.07) is 0.378. The fourth-order valence-electron chi connectivity index (χ4n) is 4.08. The molecule has 0 spiro atoms. The van der Waals surface area contributed by atoms with Crippen molar-refractivity contribution >= 4 is 29.9 Å². The summed E-state index contributed by atoms with van der Waals surface area (Å²) in [6.45, 7) is 12.2. The van der Waals surface area contributed by atoms with Gasteiger partial charge in [-0.05, 0) is 38.1 Å². The number of guanidine groups is 1. The van der Waals surface area contributed by atoms with E-state index in [2.05, 4.69) is 29.4 Å². The van der Waals surface area contributed by atoms with Crippen LogP contribution in [0.2, 0.25) is 0 Å². The normalized spacial score (nSPS) is 22.8. The Balaban J connectivity index is 0.00000450. The van der Waals surface area contributed by atoms with E-state index in [1.807, 2.05) is 6.92 Å². The Morgan fingerprint density at radius 1 is 1.17 bits per heavy atom. The first-order valence-electron chi connectivity index (χ1n) is 10.9. The fourth-order valence-corrected chi connectivity index (χ4v) is 4.08. The molecule has 2 aliphatic heterocycles. The number of nitrogens with one attached hydrogen (secondary N) is 2. The molecule has 10 heteroatoms. The van der Waals surface area contributed by atoms with Crippen LogP contribution in [0, 0.1) is 11.8 Å². The number of rotatable bonds is 9. The lowest BCUT2D eigenvalue weighted by Crippen LogP contribution is -2.46. The fraction of sp³-hybridized carbons (Fsp3) is 0.950. The first-order valence-corrected chi connectivity index (χ1v) is 10.9. The molecule has 2 heterocycles. The minimum Gasteiger partial charge on any atom is -0.379 e. The predicted molar refractivity (Wildman–Crippen MR) is 126 cm³/mol. The highest BCUT2D eigenvalue weighted by molar-refractivity contribution is 14.0. The standard InChI is InChI=1S/C20H38F3N5O.HI/c1-4-24-19(25-12-17-5-6-27(14-17)15-20(21,22)23)26-13-18(11-16(2)3)28-7-9-29-10-8-28;/h16-18H,4-15H2,1-3H3,(H2,24,25,26);1H. The summed E-state index contributed by atoms with van der Waals surface area (Å²) in [6.07, 6.45) is -2.26. The van der Waals surface area contributed by atoms with Crippen molar-refractivity contribution in [3.8, 4) is 0 Å². The van der Waals surface area contributed by atoms with Crippen LogP contribution in [0.25, 0.3) is 0 Å². The van der Waals surface area contributed by atoms with E-state index < -0.39 is 12.7 Å². The maximum absolute atomic E-state index is 12.6. The van der Waals surface area contributed by atoms with E-state index in [0.29, 0.717) is 38.1 Å². The highest BCUT2D eigenvalue weighted by Gasteiger charge is 2.34. The van der Waals surface area contributed by atoms with Crippen molar-refractivity contribution in [3.05, 3.63) is 0 Å². The van der Waals surface area contributed by atoms with Crippen molar-refractivity contribution < 1.29 is 17.9 Å². The molecular formula is C20H39F3IN5O. The number of ether oxygens (including phenoxy) is 1. The summed E-state index contributed by atoms with van der Waals surface area (Å²) in [5.41, 5.74) is 0. The molecule has 0 saturated carbocycles. The first kappa shape index (κ1) is 27.7. The van der Waals surface area contributed by atoms with Crippen LogP contribution < -0.4 is 10.6 Å². The molecule has 6 nitrogen and oxygen atoms in total. The Morgan fingerprint density at radius 3 is 2.47 bits per heavy atom. The zero-order valence-corrected chi connectivity index (χ0v) is 20.8. The van der Waals surface area contributed by atoms with E-state index in [1.54, 1.807) is 0 Å². The van der Waals surface area contributed by atoms with Crippen LogP contribution in [0.5, 0.6) is 0 Å². The van der Waals surface area contributed by atoms with Gasteiger partial charge in [0.2, 0.25) is 0 Å². The molecule has 2 atom stereocenters.